The molecule has 0 unspecified atom stereocenters. The van der Waals surface area contributed by atoms with Gasteiger partial charge in [-0.05, 0) is 36.1 Å². The number of hydrogen-bond donors (Lipinski definition) is 2. The topological polar surface area (TPSA) is 49.3 Å². The molecule has 0 aliphatic heterocycles. The van der Waals surface area contributed by atoms with Crippen molar-refractivity contribution in [3.63, 3.8) is 0 Å². The molecule has 3 aromatic rings. The molecule has 4 nitrogen and oxygen atoms in total. The highest BCUT2D eigenvalue weighted by molar-refractivity contribution is 14.0. The Morgan fingerprint density at radius 1 is 1.00 bits per heavy atom. The SMILES string of the molecule is CCNC(=NCc1ccc(C(F)(F)F)cc1)NCc1nccc2ccccc12.I. The van der Waals surface area contributed by atoms with Gasteiger partial charge in [0.15, 0.2) is 5.96 Å². The molecule has 0 aliphatic carbocycles. The van der Waals surface area contributed by atoms with E-state index >= 15 is 0 Å². The van der Waals surface area contributed by atoms with Gasteiger partial charge in [0, 0.05) is 18.1 Å². The molecular formula is C21H22F3IN4. The Morgan fingerprint density at radius 2 is 1.72 bits per heavy atom. The number of fused-ring (bicyclic) bond motifs is 1. The van der Waals surface area contributed by atoms with Crippen LogP contribution in [0.2, 0.25) is 0 Å². The normalized spacial score (nSPS) is 11.8. The molecule has 0 atom stereocenters. The second-order valence-corrected chi connectivity index (χ2v) is 6.22. The first-order chi connectivity index (χ1) is 13.5. The van der Waals surface area contributed by atoms with E-state index < -0.39 is 11.7 Å². The van der Waals surface area contributed by atoms with Crippen LogP contribution >= 0.6 is 24.0 Å². The number of alkyl halides is 3. The first-order valence-electron chi connectivity index (χ1n) is 8.98. The molecule has 1 aromatic heterocycles. The minimum atomic E-state index is -4.33. The van der Waals surface area contributed by atoms with Gasteiger partial charge in [0.25, 0.3) is 0 Å². The smallest absolute Gasteiger partial charge is 0.357 e. The van der Waals surface area contributed by atoms with E-state index in [1.54, 1.807) is 6.20 Å². The van der Waals surface area contributed by atoms with Crippen molar-refractivity contribution in [1.29, 1.82) is 0 Å². The lowest BCUT2D eigenvalue weighted by molar-refractivity contribution is -0.137. The molecule has 0 bridgehead atoms. The van der Waals surface area contributed by atoms with E-state index in [-0.39, 0.29) is 30.5 Å². The summed E-state index contributed by atoms with van der Waals surface area (Å²) in [7, 11) is 0. The van der Waals surface area contributed by atoms with Crippen molar-refractivity contribution in [3.05, 3.63) is 77.6 Å². The fourth-order valence-electron chi connectivity index (χ4n) is 2.80. The van der Waals surface area contributed by atoms with Gasteiger partial charge >= 0.3 is 6.18 Å². The zero-order chi connectivity index (χ0) is 20.0. The summed E-state index contributed by atoms with van der Waals surface area (Å²) < 4.78 is 38.0. The van der Waals surface area contributed by atoms with Gasteiger partial charge in [-0.15, -0.1) is 24.0 Å². The highest BCUT2D eigenvalue weighted by Gasteiger charge is 2.29. The summed E-state index contributed by atoms with van der Waals surface area (Å²) in [5.41, 5.74) is 0.944. The molecule has 3 rings (SSSR count). The van der Waals surface area contributed by atoms with E-state index in [4.69, 9.17) is 0 Å². The summed E-state index contributed by atoms with van der Waals surface area (Å²) in [5.74, 6) is 0.581. The summed E-state index contributed by atoms with van der Waals surface area (Å²) in [4.78, 5) is 8.89. The molecule has 0 fully saturated rings. The van der Waals surface area contributed by atoms with Crippen molar-refractivity contribution in [3.8, 4) is 0 Å². The van der Waals surface area contributed by atoms with Gasteiger partial charge in [0.05, 0.1) is 24.3 Å². The number of guanidine groups is 1. The van der Waals surface area contributed by atoms with Gasteiger partial charge in [-0.3, -0.25) is 4.98 Å². The fourth-order valence-corrected chi connectivity index (χ4v) is 2.80. The van der Waals surface area contributed by atoms with Crippen molar-refractivity contribution in [2.45, 2.75) is 26.2 Å². The van der Waals surface area contributed by atoms with Crippen LogP contribution in [0.25, 0.3) is 10.8 Å². The average Bonchev–Trinajstić information content (AvgIpc) is 2.69. The maximum atomic E-state index is 12.7. The minimum Gasteiger partial charge on any atom is -0.357 e. The van der Waals surface area contributed by atoms with Crippen LogP contribution in [0.3, 0.4) is 0 Å². The molecule has 29 heavy (non-hydrogen) atoms. The molecule has 0 amide bonds. The first-order valence-corrected chi connectivity index (χ1v) is 8.98. The summed E-state index contributed by atoms with van der Waals surface area (Å²) in [5, 5.41) is 8.55. The Labute approximate surface area is 184 Å². The third kappa shape index (κ3) is 6.31. The predicted molar refractivity (Wildman–Crippen MR) is 120 cm³/mol. The fraction of sp³-hybridized carbons (Fsp3) is 0.238. The van der Waals surface area contributed by atoms with Gasteiger partial charge in [-0.25, -0.2) is 4.99 Å². The number of aromatic nitrogens is 1. The third-order valence-corrected chi connectivity index (χ3v) is 4.22. The quantitative estimate of drug-likeness (QED) is 0.282. The number of halogens is 4. The van der Waals surface area contributed by atoms with Crippen LogP contribution in [0.1, 0.15) is 23.7 Å². The number of nitrogens with zero attached hydrogens (tertiary/aromatic N) is 2. The number of nitrogens with one attached hydrogen (secondary N) is 2. The number of benzene rings is 2. The number of rotatable bonds is 5. The predicted octanol–water partition coefficient (Wildman–Crippen LogP) is 5.13. The zero-order valence-electron chi connectivity index (χ0n) is 15.8. The average molecular weight is 514 g/mol. The van der Waals surface area contributed by atoms with Crippen LogP contribution in [-0.2, 0) is 19.3 Å². The Kier molecular flexibility index (Phi) is 8.24. The molecular weight excluding hydrogens is 492 g/mol. The molecule has 0 spiro atoms. The molecule has 0 aliphatic rings. The molecule has 0 saturated carbocycles. The van der Waals surface area contributed by atoms with Crippen molar-refractivity contribution in [1.82, 2.24) is 15.6 Å². The van der Waals surface area contributed by atoms with E-state index in [1.165, 1.54) is 12.1 Å². The molecule has 154 valence electrons. The lowest BCUT2D eigenvalue weighted by atomic mass is 10.1. The maximum Gasteiger partial charge on any atom is 0.416 e. The van der Waals surface area contributed by atoms with Gasteiger partial charge in [-0.1, -0.05) is 36.4 Å². The van der Waals surface area contributed by atoms with Crippen LogP contribution in [-0.4, -0.2) is 17.5 Å². The Balaban J connectivity index is 0.00000300. The highest BCUT2D eigenvalue weighted by Crippen LogP contribution is 2.29. The van der Waals surface area contributed by atoms with E-state index in [1.807, 2.05) is 37.3 Å². The standard InChI is InChI=1S/C21H21F3N4.HI/c1-2-25-20(27-13-15-7-9-17(10-8-15)21(22,23)24)28-14-19-18-6-4-3-5-16(18)11-12-26-19;/h3-12H,2,13-14H2,1H3,(H2,25,27,28);1H. The summed E-state index contributed by atoms with van der Waals surface area (Å²) in [6.45, 7) is 3.38. The summed E-state index contributed by atoms with van der Waals surface area (Å²) in [6, 6.07) is 15.0. The number of hydrogen-bond acceptors (Lipinski definition) is 2. The zero-order valence-corrected chi connectivity index (χ0v) is 18.2. The minimum absolute atomic E-state index is 0. The molecule has 8 heteroatoms. The lowest BCUT2D eigenvalue weighted by Gasteiger charge is -2.12. The summed E-state index contributed by atoms with van der Waals surface area (Å²) >= 11 is 0. The highest BCUT2D eigenvalue weighted by atomic mass is 127. The number of pyridine rings is 1. The van der Waals surface area contributed by atoms with Crippen LogP contribution in [0.4, 0.5) is 13.2 Å². The van der Waals surface area contributed by atoms with E-state index in [9.17, 15) is 13.2 Å². The van der Waals surface area contributed by atoms with E-state index in [0.29, 0.717) is 24.6 Å². The van der Waals surface area contributed by atoms with Gasteiger partial charge in [0.2, 0.25) is 0 Å². The largest absolute Gasteiger partial charge is 0.416 e. The molecule has 2 N–H and O–H groups in total. The van der Waals surface area contributed by atoms with Gasteiger partial charge < -0.3 is 10.6 Å². The monoisotopic (exact) mass is 514 g/mol. The lowest BCUT2D eigenvalue weighted by Crippen LogP contribution is -2.37. The van der Waals surface area contributed by atoms with Crippen molar-refractivity contribution in [2.24, 2.45) is 4.99 Å². The second kappa shape index (κ2) is 10.4. The van der Waals surface area contributed by atoms with Crippen LogP contribution in [0.15, 0.2) is 65.8 Å². The molecule has 1 heterocycles. The van der Waals surface area contributed by atoms with Crippen molar-refractivity contribution < 1.29 is 13.2 Å². The Hall–Kier alpha value is -2.36. The number of aliphatic imine (C=N–C) groups is 1. The Morgan fingerprint density at radius 3 is 2.41 bits per heavy atom. The van der Waals surface area contributed by atoms with E-state index in [0.717, 1.165) is 28.6 Å². The van der Waals surface area contributed by atoms with Gasteiger partial charge in [-0.2, -0.15) is 13.2 Å². The third-order valence-electron chi connectivity index (χ3n) is 4.22. The van der Waals surface area contributed by atoms with Crippen LogP contribution in [0.5, 0.6) is 0 Å². The molecule has 0 saturated heterocycles. The maximum absolute atomic E-state index is 12.7. The van der Waals surface area contributed by atoms with Crippen molar-refractivity contribution in [2.75, 3.05) is 6.54 Å². The second-order valence-electron chi connectivity index (χ2n) is 6.22. The van der Waals surface area contributed by atoms with Crippen LogP contribution in [0, 0.1) is 0 Å². The van der Waals surface area contributed by atoms with Gasteiger partial charge in [0.1, 0.15) is 0 Å². The first kappa shape index (κ1) is 22.9. The van der Waals surface area contributed by atoms with E-state index in [2.05, 4.69) is 20.6 Å². The van der Waals surface area contributed by atoms with Crippen LogP contribution < -0.4 is 10.6 Å². The van der Waals surface area contributed by atoms with Crippen molar-refractivity contribution >= 4 is 40.7 Å². The molecule has 2 aromatic carbocycles. The Bertz CT molecular complexity index is 951. The molecule has 0 radical (unpaired) electrons. The summed E-state index contributed by atoms with van der Waals surface area (Å²) in [6.07, 6.45) is -2.56.